The van der Waals surface area contributed by atoms with Gasteiger partial charge in [0, 0.05) is 22.0 Å². The summed E-state index contributed by atoms with van der Waals surface area (Å²) in [4.78, 5) is 10.8. The van der Waals surface area contributed by atoms with Gasteiger partial charge in [0.2, 0.25) is 0 Å². The molecule has 0 fully saturated rings. The summed E-state index contributed by atoms with van der Waals surface area (Å²) in [5.74, 6) is 0. The molecule has 0 radical (unpaired) electrons. The molecule has 1 unspecified atom stereocenters. The van der Waals surface area contributed by atoms with Crippen LogP contribution in [0.15, 0.2) is 5.38 Å². The largest absolute Gasteiger partial charge is 0.312 e. The number of hydrogen-bond acceptors (Lipinski definition) is 5. The Bertz CT molecular complexity index is 544. The molecule has 0 aliphatic heterocycles. The van der Waals surface area contributed by atoms with E-state index in [9.17, 15) is 0 Å². The summed E-state index contributed by atoms with van der Waals surface area (Å²) in [6.45, 7) is 2.05. The lowest BCUT2D eigenvalue weighted by atomic mass is 9.98. The highest BCUT2D eigenvalue weighted by Crippen LogP contribution is 2.34. The van der Waals surface area contributed by atoms with E-state index < -0.39 is 0 Å². The maximum Gasteiger partial charge on any atom is 0.0999 e. The minimum atomic E-state index is 0.512. The average Bonchev–Trinajstić information content (AvgIpc) is 2.94. The van der Waals surface area contributed by atoms with Crippen LogP contribution < -0.4 is 5.32 Å². The lowest BCUT2D eigenvalue weighted by molar-refractivity contribution is 0.501. The van der Waals surface area contributed by atoms with Crippen LogP contribution in [-0.4, -0.2) is 17.0 Å². The molecule has 0 bridgehead atoms. The maximum absolute atomic E-state index is 4.80. The monoisotopic (exact) mass is 279 g/mol. The van der Waals surface area contributed by atoms with Crippen molar-refractivity contribution in [2.45, 2.75) is 38.6 Å². The van der Waals surface area contributed by atoms with Crippen LogP contribution in [-0.2, 0) is 12.8 Å². The molecular formula is C13H17N3S2. The lowest BCUT2D eigenvalue weighted by Gasteiger charge is -2.20. The number of thiazole rings is 2. The summed E-state index contributed by atoms with van der Waals surface area (Å²) in [6.07, 6.45) is 4.52. The lowest BCUT2D eigenvalue weighted by Crippen LogP contribution is -2.19. The molecule has 96 valence electrons. The topological polar surface area (TPSA) is 37.8 Å². The van der Waals surface area contributed by atoms with Crippen molar-refractivity contribution in [1.29, 1.82) is 0 Å². The van der Waals surface area contributed by atoms with Gasteiger partial charge in [-0.1, -0.05) is 0 Å². The molecule has 0 saturated heterocycles. The molecule has 0 aromatic carbocycles. The molecule has 1 N–H and O–H groups in total. The van der Waals surface area contributed by atoms with Gasteiger partial charge in [0.25, 0.3) is 0 Å². The number of nitrogens with zero attached hydrogens (tertiary/aromatic N) is 2. The normalized spacial score (nSPS) is 18.9. The quantitative estimate of drug-likeness (QED) is 0.938. The molecule has 2 aromatic heterocycles. The van der Waals surface area contributed by atoms with Crippen molar-refractivity contribution in [2.24, 2.45) is 0 Å². The van der Waals surface area contributed by atoms with Crippen molar-refractivity contribution in [1.82, 2.24) is 15.3 Å². The van der Waals surface area contributed by atoms with E-state index in [4.69, 9.17) is 4.98 Å². The van der Waals surface area contributed by atoms with E-state index in [0.29, 0.717) is 6.04 Å². The Labute approximate surface area is 115 Å². The summed E-state index contributed by atoms with van der Waals surface area (Å²) >= 11 is 3.60. The molecule has 5 heteroatoms. The van der Waals surface area contributed by atoms with E-state index in [1.165, 1.54) is 33.4 Å². The van der Waals surface area contributed by atoms with Crippen LogP contribution in [0.2, 0.25) is 0 Å². The van der Waals surface area contributed by atoms with Gasteiger partial charge in [0.05, 0.1) is 22.1 Å². The van der Waals surface area contributed by atoms with Crippen LogP contribution in [0.3, 0.4) is 0 Å². The smallest absolute Gasteiger partial charge is 0.0999 e. The second-order valence-corrected chi connectivity index (χ2v) is 6.77. The Morgan fingerprint density at radius 1 is 1.39 bits per heavy atom. The van der Waals surface area contributed by atoms with Crippen molar-refractivity contribution in [3.63, 3.8) is 0 Å². The van der Waals surface area contributed by atoms with Gasteiger partial charge in [0.1, 0.15) is 0 Å². The van der Waals surface area contributed by atoms with Crippen molar-refractivity contribution in [3.8, 4) is 0 Å². The van der Waals surface area contributed by atoms with Gasteiger partial charge in [-0.15, -0.1) is 22.7 Å². The molecule has 1 aliphatic carbocycles. The third-order valence-electron chi connectivity index (χ3n) is 3.31. The minimum absolute atomic E-state index is 0.512. The summed E-state index contributed by atoms with van der Waals surface area (Å²) in [7, 11) is 2.04. The number of nitrogens with one attached hydrogen (secondary N) is 1. The van der Waals surface area contributed by atoms with E-state index >= 15 is 0 Å². The zero-order valence-electron chi connectivity index (χ0n) is 10.7. The third kappa shape index (κ3) is 2.35. The molecule has 0 saturated carbocycles. The predicted molar refractivity (Wildman–Crippen MR) is 76.5 cm³/mol. The van der Waals surface area contributed by atoms with Crippen LogP contribution in [0.4, 0.5) is 0 Å². The first kappa shape index (κ1) is 12.3. The molecular weight excluding hydrogens is 262 g/mol. The van der Waals surface area contributed by atoms with Gasteiger partial charge in [0.15, 0.2) is 0 Å². The van der Waals surface area contributed by atoms with Gasteiger partial charge in [-0.05, 0) is 33.2 Å². The van der Waals surface area contributed by atoms with Crippen molar-refractivity contribution in [2.75, 3.05) is 7.05 Å². The van der Waals surface area contributed by atoms with Gasteiger partial charge >= 0.3 is 0 Å². The van der Waals surface area contributed by atoms with Crippen LogP contribution in [0.25, 0.3) is 0 Å². The summed E-state index contributed by atoms with van der Waals surface area (Å²) in [5, 5.41) is 7.91. The number of hydrogen-bond donors (Lipinski definition) is 1. The average molecular weight is 279 g/mol. The fourth-order valence-corrected chi connectivity index (χ4v) is 4.56. The van der Waals surface area contributed by atoms with Crippen LogP contribution >= 0.6 is 22.7 Å². The van der Waals surface area contributed by atoms with Gasteiger partial charge in [-0.3, -0.25) is 0 Å². The SMILES string of the molecule is CNC1CCCc2nc(Cc3nc(C)cs3)sc21. The maximum atomic E-state index is 4.80. The molecule has 3 nitrogen and oxygen atoms in total. The molecule has 0 spiro atoms. The van der Waals surface area contributed by atoms with Crippen LogP contribution in [0.1, 0.15) is 45.2 Å². The highest BCUT2D eigenvalue weighted by atomic mass is 32.1. The van der Waals surface area contributed by atoms with Gasteiger partial charge in [-0.2, -0.15) is 0 Å². The van der Waals surface area contributed by atoms with E-state index in [1.807, 2.05) is 25.3 Å². The number of fused-ring (bicyclic) bond motifs is 1. The zero-order valence-corrected chi connectivity index (χ0v) is 12.3. The first-order valence-electron chi connectivity index (χ1n) is 6.33. The van der Waals surface area contributed by atoms with E-state index in [-0.39, 0.29) is 0 Å². The Morgan fingerprint density at radius 3 is 3.00 bits per heavy atom. The highest BCUT2D eigenvalue weighted by Gasteiger charge is 2.23. The Morgan fingerprint density at radius 2 is 2.28 bits per heavy atom. The molecule has 2 aromatic rings. The number of aromatic nitrogens is 2. The van der Waals surface area contributed by atoms with E-state index in [2.05, 4.69) is 15.7 Å². The van der Waals surface area contributed by atoms with E-state index in [1.54, 1.807) is 11.3 Å². The standard InChI is InChI=1S/C13H17N3S2/c1-8-7-17-11(15-8)6-12-16-10-5-3-4-9(14-2)13(10)18-12/h7,9,14H,3-6H2,1-2H3. The first-order chi connectivity index (χ1) is 8.76. The molecule has 1 atom stereocenters. The second kappa shape index (κ2) is 5.07. The summed E-state index contributed by atoms with van der Waals surface area (Å²) in [5.41, 5.74) is 2.43. The first-order valence-corrected chi connectivity index (χ1v) is 8.02. The zero-order chi connectivity index (χ0) is 12.5. The van der Waals surface area contributed by atoms with Crippen molar-refractivity contribution in [3.05, 3.63) is 31.7 Å². The number of rotatable bonds is 3. The Balaban J connectivity index is 1.84. The fourth-order valence-electron chi connectivity index (χ4n) is 2.43. The predicted octanol–water partition coefficient (Wildman–Crippen LogP) is 3.10. The number of aryl methyl sites for hydroxylation is 2. The molecule has 1 aliphatic rings. The molecule has 3 rings (SSSR count). The minimum Gasteiger partial charge on any atom is -0.312 e. The van der Waals surface area contributed by atoms with Crippen molar-refractivity contribution >= 4 is 22.7 Å². The summed E-state index contributed by atoms with van der Waals surface area (Å²) in [6, 6.07) is 0.512. The van der Waals surface area contributed by atoms with Crippen LogP contribution in [0.5, 0.6) is 0 Å². The van der Waals surface area contributed by atoms with Crippen LogP contribution in [0, 0.1) is 6.92 Å². The molecule has 0 amide bonds. The van der Waals surface area contributed by atoms with Gasteiger partial charge in [-0.25, -0.2) is 9.97 Å². The molecule has 2 heterocycles. The third-order valence-corrected chi connectivity index (χ3v) is 5.49. The summed E-state index contributed by atoms with van der Waals surface area (Å²) < 4.78 is 0. The Kier molecular flexibility index (Phi) is 3.46. The van der Waals surface area contributed by atoms with Crippen molar-refractivity contribution < 1.29 is 0 Å². The van der Waals surface area contributed by atoms with E-state index in [0.717, 1.165) is 18.5 Å². The second-order valence-electron chi connectivity index (χ2n) is 4.71. The Hall–Kier alpha value is -0.780. The van der Waals surface area contributed by atoms with Gasteiger partial charge < -0.3 is 5.32 Å². The fraction of sp³-hybridized carbons (Fsp3) is 0.538. The highest BCUT2D eigenvalue weighted by molar-refractivity contribution is 7.12. The molecule has 18 heavy (non-hydrogen) atoms.